The molecule has 2 aromatic carbocycles. The largest absolute Gasteiger partial charge is 0.336 e. The van der Waals surface area contributed by atoms with Crippen LogP contribution < -0.4 is 0 Å². The third kappa shape index (κ3) is 4.65. The molecule has 0 bridgehead atoms. The zero-order valence-corrected chi connectivity index (χ0v) is 17.6. The van der Waals surface area contributed by atoms with Gasteiger partial charge in [0.15, 0.2) is 0 Å². The van der Waals surface area contributed by atoms with Crippen LogP contribution in [-0.2, 0) is 11.2 Å². The highest BCUT2D eigenvalue weighted by atomic mass is 32.2. The molecule has 2 fully saturated rings. The Labute approximate surface area is 176 Å². The molecular weight excluding hydrogens is 382 g/mol. The van der Waals surface area contributed by atoms with E-state index < -0.39 is 0 Å². The molecule has 0 aromatic heterocycles. The number of amides is 2. The fourth-order valence-electron chi connectivity index (χ4n) is 3.85. The molecule has 2 heterocycles. The van der Waals surface area contributed by atoms with Gasteiger partial charge in [-0.25, -0.2) is 0 Å². The minimum atomic E-state index is 0.0269. The standard InChI is InChI=1S/C23H27N3O2S/c1-24-13-15-25(16-14-24)22(28)19-7-9-20(10-8-19)23-26(21(27)17-29-23)12-11-18-5-3-2-4-6-18/h2-10,23H,11-17H2,1H3/t23-/m1/s1. The maximum Gasteiger partial charge on any atom is 0.253 e. The molecule has 0 spiro atoms. The first-order valence-electron chi connectivity index (χ1n) is 10.1. The molecule has 0 unspecified atom stereocenters. The number of piperazine rings is 1. The van der Waals surface area contributed by atoms with E-state index in [0.717, 1.165) is 43.7 Å². The zero-order chi connectivity index (χ0) is 20.2. The van der Waals surface area contributed by atoms with E-state index in [9.17, 15) is 9.59 Å². The molecule has 2 aliphatic heterocycles. The van der Waals surface area contributed by atoms with Crippen LogP contribution in [0.5, 0.6) is 0 Å². The highest BCUT2D eigenvalue weighted by Gasteiger charge is 2.32. The summed E-state index contributed by atoms with van der Waals surface area (Å²) in [7, 11) is 2.08. The normalized spacial score (nSPS) is 20.3. The molecule has 2 aliphatic rings. The van der Waals surface area contributed by atoms with E-state index in [1.807, 2.05) is 52.3 Å². The summed E-state index contributed by atoms with van der Waals surface area (Å²) in [6, 6.07) is 18.1. The highest BCUT2D eigenvalue weighted by Crippen LogP contribution is 2.38. The summed E-state index contributed by atoms with van der Waals surface area (Å²) < 4.78 is 0. The number of nitrogens with zero attached hydrogens (tertiary/aromatic N) is 3. The third-order valence-corrected chi connectivity index (χ3v) is 6.94. The summed E-state index contributed by atoms with van der Waals surface area (Å²) >= 11 is 1.66. The lowest BCUT2D eigenvalue weighted by molar-refractivity contribution is -0.128. The molecule has 0 N–H and O–H groups in total. The summed E-state index contributed by atoms with van der Waals surface area (Å²) in [6.45, 7) is 4.10. The lowest BCUT2D eigenvalue weighted by atomic mass is 10.1. The zero-order valence-electron chi connectivity index (χ0n) is 16.8. The average Bonchev–Trinajstić information content (AvgIpc) is 3.13. The summed E-state index contributed by atoms with van der Waals surface area (Å²) in [5, 5.41) is 0.0269. The van der Waals surface area contributed by atoms with Crippen LogP contribution in [0.4, 0.5) is 0 Å². The lowest BCUT2D eigenvalue weighted by Gasteiger charge is -2.32. The molecule has 152 valence electrons. The van der Waals surface area contributed by atoms with Crippen molar-refractivity contribution in [3.63, 3.8) is 0 Å². The van der Waals surface area contributed by atoms with E-state index in [1.54, 1.807) is 11.8 Å². The minimum absolute atomic E-state index is 0.0269. The van der Waals surface area contributed by atoms with E-state index in [4.69, 9.17) is 0 Å². The molecule has 6 heteroatoms. The van der Waals surface area contributed by atoms with Gasteiger partial charge in [-0.05, 0) is 36.7 Å². The molecular formula is C23H27N3O2S. The number of likely N-dealkylation sites (N-methyl/N-ethyl adjacent to an activating group) is 1. The van der Waals surface area contributed by atoms with Crippen molar-refractivity contribution in [1.29, 1.82) is 0 Å². The maximum atomic E-state index is 12.8. The van der Waals surface area contributed by atoms with Gasteiger partial charge in [-0.15, -0.1) is 11.8 Å². The molecule has 2 saturated heterocycles. The molecule has 0 radical (unpaired) electrons. The van der Waals surface area contributed by atoms with E-state index >= 15 is 0 Å². The van der Waals surface area contributed by atoms with Gasteiger partial charge in [-0.3, -0.25) is 9.59 Å². The summed E-state index contributed by atoms with van der Waals surface area (Å²) in [4.78, 5) is 31.3. The van der Waals surface area contributed by atoms with Gasteiger partial charge < -0.3 is 14.7 Å². The van der Waals surface area contributed by atoms with Gasteiger partial charge in [0, 0.05) is 38.3 Å². The SMILES string of the molecule is CN1CCN(C(=O)c2ccc([C@H]3SCC(=O)N3CCc3ccccc3)cc2)CC1. The van der Waals surface area contributed by atoms with Gasteiger partial charge in [0.25, 0.3) is 5.91 Å². The first-order chi connectivity index (χ1) is 14.1. The number of hydrogen-bond acceptors (Lipinski definition) is 4. The Morgan fingerprint density at radius 2 is 1.69 bits per heavy atom. The summed E-state index contributed by atoms with van der Waals surface area (Å²) in [6.07, 6.45) is 0.851. The average molecular weight is 410 g/mol. The number of thioether (sulfide) groups is 1. The van der Waals surface area contributed by atoms with Crippen LogP contribution in [0, 0.1) is 0 Å². The molecule has 29 heavy (non-hydrogen) atoms. The Morgan fingerprint density at radius 3 is 2.38 bits per heavy atom. The fraction of sp³-hybridized carbons (Fsp3) is 0.391. The van der Waals surface area contributed by atoms with Gasteiger partial charge >= 0.3 is 0 Å². The van der Waals surface area contributed by atoms with E-state index in [0.29, 0.717) is 12.3 Å². The predicted molar refractivity (Wildman–Crippen MR) is 117 cm³/mol. The second-order valence-electron chi connectivity index (χ2n) is 7.70. The van der Waals surface area contributed by atoms with Crippen molar-refractivity contribution in [2.45, 2.75) is 11.8 Å². The Balaban J connectivity index is 1.42. The highest BCUT2D eigenvalue weighted by molar-refractivity contribution is 8.00. The molecule has 0 saturated carbocycles. The number of rotatable bonds is 5. The van der Waals surface area contributed by atoms with Gasteiger partial charge in [0.2, 0.25) is 5.91 Å². The Hall–Kier alpha value is -2.31. The van der Waals surface area contributed by atoms with E-state index in [-0.39, 0.29) is 17.2 Å². The van der Waals surface area contributed by atoms with Crippen molar-refractivity contribution in [3.05, 3.63) is 71.3 Å². The maximum absolute atomic E-state index is 12.8. The van der Waals surface area contributed by atoms with Crippen LogP contribution in [-0.4, -0.2) is 72.0 Å². The van der Waals surface area contributed by atoms with Crippen molar-refractivity contribution in [2.75, 3.05) is 45.5 Å². The topological polar surface area (TPSA) is 43.9 Å². The van der Waals surface area contributed by atoms with Gasteiger partial charge in [-0.1, -0.05) is 42.5 Å². The molecule has 2 aromatic rings. The van der Waals surface area contributed by atoms with Crippen LogP contribution in [0.1, 0.15) is 26.9 Å². The fourth-order valence-corrected chi connectivity index (χ4v) is 5.07. The smallest absolute Gasteiger partial charge is 0.253 e. The predicted octanol–water partition coefficient (Wildman–Crippen LogP) is 2.89. The van der Waals surface area contributed by atoms with Crippen LogP contribution in [0.15, 0.2) is 54.6 Å². The molecule has 4 rings (SSSR count). The summed E-state index contributed by atoms with van der Waals surface area (Å²) in [5.74, 6) is 0.802. The van der Waals surface area contributed by atoms with Gasteiger partial charge in [0.1, 0.15) is 5.37 Å². The van der Waals surface area contributed by atoms with Crippen LogP contribution in [0.25, 0.3) is 0 Å². The molecule has 1 atom stereocenters. The number of carbonyl (C=O) groups excluding carboxylic acids is 2. The van der Waals surface area contributed by atoms with Crippen molar-refractivity contribution < 1.29 is 9.59 Å². The Kier molecular flexibility index (Phi) is 6.21. The number of carbonyl (C=O) groups is 2. The number of hydrogen-bond donors (Lipinski definition) is 0. The second-order valence-corrected chi connectivity index (χ2v) is 8.77. The van der Waals surface area contributed by atoms with Crippen LogP contribution in [0.2, 0.25) is 0 Å². The monoisotopic (exact) mass is 409 g/mol. The molecule has 5 nitrogen and oxygen atoms in total. The van der Waals surface area contributed by atoms with Gasteiger partial charge in [0.05, 0.1) is 5.75 Å². The van der Waals surface area contributed by atoms with Crippen molar-refractivity contribution >= 4 is 23.6 Å². The first kappa shape index (κ1) is 20.0. The van der Waals surface area contributed by atoms with Crippen LogP contribution in [0.3, 0.4) is 0 Å². The van der Waals surface area contributed by atoms with Crippen molar-refractivity contribution in [1.82, 2.24) is 14.7 Å². The summed E-state index contributed by atoms with van der Waals surface area (Å²) in [5.41, 5.74) is 3.05. The third-order valence-electron chi connectivity index (χ3n) is 5.69. The number of benzene rings is 2. The lowest BCUT2D eigenvalue weighted by Crippen LogP contribution is -2.47. The van der Waals surface area contributed by atoms with Crippen LogP contribution >= 0.6 is 11.8 Å². The van der Waals surface area contributed by atoms with Crippen molar-refractivity contribution in [3.8, 4) is 0 Å². The first-order valence-corrected chi connectivity index (χ1v) is 11.2. The van der Waals surface area contributed by atoms with Gasteiger partial charge in [-0.2, -0.15) is 0 Å². The van der Waals surface area contributed by atoms with Crippen molar-refractivity contribution in [2.24, 2.45) is 0 Å². The molecule has 0 aliphatic carbocycles. The minimum Gasteiger partial charge on any atom is -0.336 e. The molecule has 2 amide bonds. The van der Waals surface area contributed by atoms with E-state index in [1.165, 1.54) is 5.56 Å². The Morgan fingerprint density at radius 1 is 1.00 bits per heavy atom. The quantitative estimate of drug-likeness (QED) is 0.762. The Bertz CT molecular complexity index is 848. The van der Waals surface area contributed by atoms with E-state index in [2.05, 4.69) is 24.1 Å². The second kappa shape index (κ2) is 9.01.